The fraction of sp³-hybridized carbons (Fsp3) is 0.529. The molecule has 6 nitrogen and oxygen atoms in total. The summed E-state index contributed by atoms with van der Waals surface area (Å²) in [6, 6.07) is 5.42. The number of urea groups is 1. The van der Waals surface area contributed by atoms with Gasteiger partial charge in [0, 0.05) is 38.5 Å². The van der Waals surface area contributed by atoms with Crippen LogP contribution in [0.1, 0.15) is 19.3 Å². The standard InChI is InChI=1S/C17H22FN3O3/c18-13-3-5-14(6-4-13)19-17(23)21-9-7-20(8-10-21)16(22)12-15-2-1-11-24-15/h3-6,15H,1-2,7-12H2,(H,19,23). The summed E-state index contributed by atoms with van der Waals surface area (Å²) in [6.45, 7) is 2.79. The fourth-order valence-electron chi connectivity index (χ4n) is 3.02. The van der Waals surface area contributed by atoms with E-state index in [0.717, 1.165) is 19.4 Å². The fourth-order valence-corrected chi connectivity index (χ4v) is 3.02. The van der Waals surface area contributed by atoms with Crippen molar-refractivity contribution in [3.8, 4) is 0 Å². The van der Waals surface area contributed by atoms with Gasteiger partial charge in [-0.15, -0.1) is 0 Å². The van der Waals surface area contributed by atoms with Crippen LogP contribution in [0.2, 0.25) is 0 Å². The van der Waals surface area contributed by atoms with E-state index in [2.05, 4.69) is 5.32 Å². The number of carbonyl (C=O) groups excluding carboxylic acids is 2. The van der Waals surface area contributed by atoms with Crippen molar-refractivity contribution in [2.75, 3.05) is 38.1 Å². The second-order valence-corrected chi connectivity index (χ2v) is 6.14. The van der Waals surface area contributed by atoms with E-state index >= 15 is 0 Å². The van der Waals surface area contributed by atoms with Gasteiger partial charge in [-0.25, -0.2) is 9.18 Å². The third kappa shape index (κ3) is 4.23. The highest BCUT2D eigenvalue weighted by molar-refractivity contribution is 5.89. The average Bonchev–Trinajstić information content (AvgIpc) is 3.10. The molecule has 2 aliphatic rings. The molecule has 0 aromatic heterocycles. The summed E-state index contributed by atoms with van der Waals surface area (Å²) in [7, 11) is 0. The van der Waals surface area contributed by atoms with Gasteiger partial charge < -0.3 is 19.9 Å². The largest absolute Gasteiger partial charge is 0.378 e. The molecule has 7 heteroatoms. The summed E-state index contributed by atoms with van der Waals surface area (Å²) >= 11 is 0. The van der Waals surface area contributed by atoms with Crippen molar-refractivity contribution in [1.82, 2.24) is 9.80 Å². The third-order valence-corrected chi connectivity index (χ3v) is 4.44. The summed E-state index contributed by atoms with van der Waals surface area (Å²) in [4.78, 5) is 27.9. The lowest BCUT2D eigenvalue weighted by atomic mass is 10.1. The van der Waals surface area contributed by atoms with Crippen LogP contribution in [-0.4, -0.2) is 60.6 Å². The summed E-state index contributed by atoms with van der Waals surface area (Å²) in [5.74, 6) is -0.244. The number of rotatable bonds is 3. The number of hydrogen-bond acceptors (Lipinski definition) is 3. The Bertz CT molecular complexity index is 579. The Morgan fingerprint density at radius 2 is 1.79 bits per heavy atom. The number of halogens is 1. The minimum atomic E-state index is -0.341. The van der Waals surface area contributed by atoms with Gasteiger partial charge in [0.05, 0.1) is 12.5 Å². The zero-order chi connectivity index (χ0) is 16.9. The van der Waals surface area contributed by atoms with Crippen molar-refractivity contribution in [3.05, 3.63) is 30.1 Å². The molecule has 2 heterocycles. The molecule has 1 N–H and O–H groups in total. The molecular formula is C17H22FN3O3. The molecule has 0 aliphatic carbocycles. The lowest BCUT2D eigenvalue weighted by molar-refractivity contribution is -0.134. The van der Waals surface area contributed by atoms with Crippen molar-refractivity contribution >= 4 is 17.6 Å². The maximum Gasteiger partial charge on any atom is 0.321 e. The van der Waals surface area contributed by atoms with Crippen molar-refractivity contribution < 1.29 is 18.7 Å². The van der Waals surface area contributed by atoms with E-state index in [1.165, 1.54) is 24.3 Å². The third-order valence-electron chi connectivity index (χ3n) is 4.44. The SMILES string of the molecule is O=C(CC1CCCO1)N1CCN(C(=O)Nc2ccc(F)cc2)CC1. The van der Waals surface area contributed by atoms with Crippen LogP contribution in [0.25, 0.3) is 0 Å². The van der Waals surface area contributed by atoms with E-state index in [1.54, 1.807) is 9.80 Å². The van der Waals surface area contributed by atoms with Crippen LogP contribution in [0.4, 0.5) is 14.9 Å². The summed E-state index contributed by atoms with van der Waals surface area (Å²) in [5.41, 5.74) is 0.554. The van der Waals surface area contributed by atoms with Crippen molar-refractivity contribution in [1.29, 1.82) is 0 Å². The van der Waals surface area contributed by atoms with E-state index in [-0.39, 0.29) is 23.9 Å². The van der Waals surface area contributed by atoms with Crippen molar-refractivity contribution in [2.24, 2.45) is 0 Å². The number of benzene rings is 1. The molecule has 1 unspecified atom stereocenters. The van der Waals surface area contributed by atoms with Gasteiger partial charge >= 0.3 is 6.03 Å². The summed E-state index contributed by atoms with van der Waals surface area (Å²) in [5, 5.41) is 2.74. The van der Waals surface area contributed by atoms with Crippen molar-refractivity contribution in [2.45, 2.75) is 25.4 Å². The number of hydrogen-bond donors (Lipinski definition) is 1. The topological polar surface area (TPSA) is 61.9 Å². The molecule has 2 saturated heterocycles. The highest BCUT2D eigenvalue weighted by atomic mass is 19.1. The van der Waals surface area contributed by atoms with Gasteiger partial charge in [-0.1, -0.05) is 0 Å². The molecular weight excluding hydrogens is 313 g/mol. The number of carbonyl (C=O) groups is 2. The summed E-state index contributed by atoms with van der Waals surface area (Å²) in [6.07, 6.45) is 2.46. The number of piperazine rings is 1. The predicted molar refractivity (Wildman–Crippen MR) is 87.2 cm³/mol. The van der Waals surface area contributed by atoms with Crippen LogP contribution < -0.4 is 5.32 Å². The number of nitrogens with one attached hydrogen (secondary N) is 1. The minimum Gasteiger partial charge on any atom is -0.378 e. The zero-order valence-electron chi connectivity index (χ0n) is 13.5. The highest BCUT2D eigenvalue weighted by Gasteiger charge is 2.27. The van der Waals surface area contributed by atoms with Crippen LogP contribution in [-0.2, 0) is 9.53 Å². The Hall–Kier alpha value is -2.15. The quantitative estimate of drug-likeness (QED) is 0.920. The van der Waals surface area contributed by atoms with Gasteiger partial charge in [0.1, 0.15) is 5.82 Å². The van der Waals surface area contributed by atoms with Gasteiger partial charge in [0.15, 0.2) is 0 Å². The smallest absolute Gasteiger partial charge is 0.321 e. The molecule has 0 saturated carbocycles. The van der Waals surface area contributed by atoms with Gasteiger partial charge in [-0.05, 0) is 37.1 Å². The molecule has 1 aromatic rings. The first-order chi connectivity index (χ1) is 11.6. The molecule has 2 aliphatic heterocycles. The van der Waals surface area contributed by atoms with E-state index in [0.29, 0.717) is 38.3 Å². The van der Waals surface area contributed by atoms with Crippen LogP contribution in [0, 0.1) is 5.82 Å². The van der Waals surface area contributed by atoms with Gasteiger partial charge in [0.2, 0.25) is 5.91 Å². The monoisotopic (exact) mass is 335 g/mol. The van der Waals surface area contributed by atoms with E-state index < -0.39 is 0 Å². The number of anilines is 1. The zero-order valence-corrected chi connectivity index (χ0v) is 13.5. The molecule has 1 atom stereocenters. The molecule has 0 spiro atoms. The number of nitrogens with zero attached hydrogens (tertiary/aromatic N) is 2. The van der Waals surface area contributed by atoms with Crippen LogP contribution in [0.5, 0.6) is 0 Å². The van der Waals surface area contributed by atoms with Crippen LogP contribution >= 0.6 is 0 Å². The maximum atomic E-state index is 12.9. The first kappa shape index (κ1) is 16.7. The van der Waals surface area contributed by atoms with E-state index in [4.69, 9.17) is 4.74 Å². The second kappa shape index (κ2) is 7.61. The lowest BCUT2D eigenvalue weighted by Crippen LogP contribution is -2.52. The Balaban J connectivity index is 1.44. The number of ether oxygens (including phenoxy) is 1. The van der Waals surface area contributed by atoms with Gasteiger partial charge in [0.25, 0.3) is 0 Å². The van der Waals surface area contributed by atoms with Crippen LogP contribution in [0.15, 0.2) is 24.3 Å². The highest BCUT2D eigenvalue weighted by Crippen LogP contribution is 2.17. The first-order valence-electron chi connectivity index (χ1n) is 8.33. The molecule has 3 amide bonds. The minimum absolute atomic E-state index is 0.0531. The Kier molecular flexibility index (Phi) is 5.30. The van der Waals surface area contributed by atoms with E-state index in [1.807, 2.05) is 0 Å². The second-order valence-electron chi connectivity index (χ2n) is 6.14. The van der Waals surface area contributed by atoms with E-state index in [9.17, 15) is 14.0 Å². The maximum absolute atomic E-state index is 12.9. The average molecular weight is 335 g/mol. The molecule has 1 aromatic carbocycles. The first-order valence-corrected chi connectivity index (χ1v) is 8.33. The Morgan fingerprint density at radius 1 is 1.12 bits per heavy atom. The van der Waals surface area contributed by atoms with Crippen LogP contribution in [0.3, 0.4) is 0 Å². The Labute approximate surface area is 140 Å². The summed E-state index contributed by atoms with van der Waals surface area (Å²) < 4.78 is 18.4. The molecule has 2 fully saturated rings. The van der Waals surface area contributed by atoms with Crippen molar-refractivity contribution in [3.63, 3.8) is 0 Å². The molecule has 0 bridgehead atoms. The lowest BCUT2D eigenvalue weighted by Gasteiger charge is -2.35. The number of amides is 3. The van der Waals surface area contributed by atoms with Gasteiger partial charge in [-0.2, -0.15) is 0 Å². The molecule has 0 radical (unpaired) electrons. The molecule has 3 rings (SSSR count). The predicted octanol–water partition coefficient (Wildman–Crippen LogP) is 2.07. The Morgan fingerprint density at radius 3 is 2.42 bits per heavy atom. The molecule has 24 heavy (non-hydrogen) atoms. The normalized spacial score (nSPS) is 21.0. The molecule has 130 valence electrons. The van der Waals surface area contributed by atoms with Gasteiger partial charge in [-0.3, -0.25) is 4.79 Å².